The molecular formula is C29H32N6. The van der Waals surface area contributed by atoms with E-state index in [0.717, 1.165) is 72.9 Å². The van der Waals surface area contributed by atoms with Crippen LogP contribution in [0.1, 0.15) is 48.1 Å². The van der Waals surface area contributed by atoms with Crippen LogP contribution >= 0.6 is 0 Å². The Morgan fingerprint density at radius 1 is 1.09 bits per heavy atom. The number of H-pyrrole nitrogens is 1. The molecule has 0 aliphatic carbocycles. The third-order valence-corrected chi connectivity index (χ3v) is 7.03. The molecule has 1 fully saturated rings. The predicted octanol–water partition coefficient (Wildman–Crippen LogP) is 5.30. The van der Waals surface area contributed by atoms with Gasteiger partial charge < -0.3 is 14.8 Å². The van der Waals surface area contributed by atoms with E-state index in [0.29, 0.717) is 12.3 Å². The number of benzene rings is 2. The van der Waals surface area contributed by atoms with E-state index in [-0.39, 0.29) is 0 Å². The van der Waals surface area contributed by atoms with Crippen molar-refractivity contribution in [1.82, 2.24) is 9.88 Å². The smallest absolute Gasteiger partial charge is 0.129 e. The molecule has 0 amide bonds. The Morgan fingerprint density at radius 3 is 2.66 bits per heavy atom. The Morgan fingerprint density at radius 2 is 1.89 bits per heavy atom. The standard InChI is InChI=1S/C29H32N6/c1-21-6-11-27(32-24-7-9-25(10-8-24)35-18-16-34(2)17-19-35)33-29(26-13-15-31-28(21)26)23-5-3-4-22(20-23)12-14-30/h3-5,7-10,13,15,20-21,31H,6,11-12,16-19H2,1-2H3. The number of aromatic nitrogens is 1. The summed E-state index contributed by atoms with van der Waals surface area (Å²) in [6.07, 6.45) is 4.17. The molecule has 1 saturated heterocycles. The highest BCUT2D eigenvalue weighted by molar-refractivity contribution is 6.18. The van der Waals surface area contributed by atoms with Gasteiger partial charge in [0.25, 0.3) is 0 Å². The number of aromatic amines is 1. The minimum atomic E-state index is 0.373. The van der Waals surface area contributed by atoms with Crippen LogP contribution in [-0.4, -0.2) is 54.7 Å². The molecule has 1 N–H and O–H groups in total. The second-order valence-corrected chi connectivity index (χ2v) is 9.58. The molecule has 0 spiro atoms. The highest BCUT2D eigenvalue weighted by Gasteiger charge is 2.22. The van der Waals surface area contributed by atoms with Gasteiger partial charge in [-0.25, -0.2) is 9.98 Å². The van der Waals surface area contributed by atoms with Crippen LogP contribution in [0.5, 0.6) is 0 Å². The van der Waals surface area contributed by atoms with Crippen molar-refractivity contribution in [1.29, 1.82) is 5.26 Å². The molecule has 5 rings (SSSR count). The first kappa shape index (κ1) is 23.1. The maximum Gasteiger partial charge on any atom is 0.129 e. The average molecular weight is 465 g/mol. The first-order valence-electron chi connectivity index (χ1n) is 12.4. The van der Waals surface area contributed by atoms with Crippen LogP contribution in [0.25, 0.3) is 0 Å². The molecule has 1 unspecified atom stereocenters. The zero-order chi connectivity index (χ0) is 24.2. The number of nitriles is 1. The van der Waals surface area contributed by atoms with Gasteiger partial charge in [-0.05, 0) is 61.3 Å². The number of amidine groups is 1. The SMILES string of the molecule is CC1CCC(=Nc2ccc(N3CCN(C)CC3)cc2)N=C(c2cccc(CC#N)c2)c2cc[nH]c21. The molecule has 2 aliphatic rings. The normalized spacial score (nSPS) is 20.0. The number of hydrogen-bond donors (Lipinski definition) is 1. The molecule has 3 aromatic rings. The van der Waals surface area contributed by atoms with E-state index in [1.54, 1.807) is 0 Å². The fourth-order valence-corrected chi connectivity index (χ4v) is 4.90. The minimum Gasteiger partial charge on any atom is -0.369 e. The number of hydrogen-bond acceptors (Lipinski definition) is 4. The number of nitrogens with zero attached hydrogens (tertiary/aromatic N) is 5. The van der Waals surface area contributed by atoms with Crippen LogP contribution in [0.4, 0.5) is 11.4 Å². The van der Waals surface area contributed by atoms with Crippen molar-refractivity contribution in [2.45, 2.75) is 32.1 Å². The van der Waals surface area contributed by atoms with E-state index in [2.05, 4.69) is 77.3 Å². The van der Waals surface area contributed by atoms with Crippen LogP contribution in [0.2, 0.25) is 0 Å². The van der Waals surface area contributed by atoms with E-state index >= 15 is 0 Å². The van der Waals surface area contributed by atoms with Crippen molar-refractivity contribution >= 4 is 22.9 Å². The van der Waals surface area contributed by atoms with Gasteiger partial charge in [-0.3, -0.25) is 0 Å². The summed E-state index contributed by atoms with van der Waals surface area (Å²) >= 11 is 0. The molecule has 2 aliphatic heterocycles. The molecule has 1 atom stereocenters. The summed E-state index contributed by atoms with van der Waals surface area (Å²) < 4.78 is 0. The molecule has 6 heteroatoms. The number of piperazine rings is 1. The van der Waals surface area contributed by atoms with Crippen molar-refractivity contribution in [3.63, 3.8) is 0 Å². The van der Waals surface area contributed by atoms with Crippen LogP contribution in [0.3, 0.4) is 0 Å². The largest absolute Gasteiger partial charge is 0.369 e. The molecule has 178 valence electrons. The number of likely N-dealkylation sites (N-methyl/N-ethyl adjacent to an activating group) is 1. The highest BCUT2D eigenvalue weighted by atomic mass is 15.2. The van der Waals surface area contributed by atoms with Crippen LogP contribution < -0.4 is 4.90 Å². The van der Waals surface area contributed by atoms with Crippen molar-refractivity contribution in [3.8, 4) is 6.07 Å². The molecule has 6 nitrogen and oxygen atoms in total. The quantitative estimate of drug-likeness (QED) is 0.570. The Hall–Kier alpha value is -3.69. The molecule has 0 saturated carbocycles. The second kappa shape index (κ2) is 10.3. The maximum atomic E-state index is 9.17. The molecule has 2 aromatic carbocycles. The van der Waals surface area contributed by atoms with Gasteiger partial charge in [0, 0.05) is 61.3 Å². The summed E-state index contributed by atoms with van der Waals surface area (Å²) in [5.74, 6) is 1.22. The molecule has 1 aromatic heterocycles. The minimum absolute atomic E-state index is 0.373. The second-order valence-electron chi connectivity index (χ2n) is 9.58. The lowest BCUT2D eigenvalue weighted by atomic mass is 9.91. The summed E-state index contributed by atoms with van der Waals surface area (Å²) in [5, 5.41) is 9.17. The van der Waals surface area contributed by atoms with Crippen molar-refractivity contribution in [3.05, 3.63) is 83.2 Å². The molecule has 0 radical (unpaired) electrons. The third-order valence-electron chi connectivity index (χ3n) is 7.03. The van der Waals surface area contributed by atoms with Gasteiger partial charge in [-0.15, -0.1) is 0 Å². The Balaban J connectivity index is 1.49. The lowest BCUT2D eigenvalue weighted by Crippen LogP contribution is -2.44. The van der Waals surface area contributed by atoms with E-state index in [1.807, 2.05) is 18.3 Å². The first-order valence-corrected chi connectivity index (χ1v) is 12.4. The van der Waals surface area contributed by atoms with Crippen LogP contribution in [0, 0.1) is 11.3 Å². The fourth-order valence-electron chi connectivity index (χ4n) is 4.90. The lowest BCUT2D eigenvalue weighted by Gasteiger charge is -2.34. The van der Waals surface area contributed by atoms with Gasteiger partial charge in [0.2, 0.25) is 0 Å². The Bertz CT molecular complexity index is 1270. The third kappa shape index (κ3) is 5.21. The zero-order valence-electron chi connectivity index (χ0n) is 20.5. The van der Waals surface area contributed by atoms with Crippen molar-refractivity contribution in [2.75, 3.05) is 38.1 Å². The maximum absolute atomic E-state index is 9.17. The summed E-state index contributed by atoms with van der Waals surface area (Å²) in [4.78, 5) is 18.3. The summed E-state index contributed by atoms with van der Waals surface area (Å²) in [5.41, 5.74) is 7.45. The zero-order valence-corrected chi connectivity index (χ0v) is 20.5. The lowest BCUT2D eigenvalue weighted by molar-refractivity contribution is 0.313. The Labute approximate surface area is 207 Å². The van der Waals surface area contributed by atoms with Crippen LogP contribution in [0.15, 0.2) is 70.8 Å². The van der Waals surface area contributed by atoms with E-state index < -0.39 is 0 Å². The Kier molecular flexibility index (Phi) is 6.78. The van der Waals surface area contributed by atoms with E-state index in [4.69, 9.17) is 9.98 Å². The molecular weight excluding hydrogens is 432 g/mol. The molecule has 0 bridgehead atoms. The number of fused-ring (bicyclic) bond motifs is 1. The highest BCUT2D eigenvalue weighted by Crippen LogP contribution is 2.30. The van der Waals surface area contributed by atoms with Crippen molar-refractivity contribution in [2.24, 2.45) is 9.98 Å². The monoisotopic (exact) mass is 464 g/mol. The van der Waals surface area contributed by atoms with Crippen LogP contribution in [-0.2, 0) is 6.42 Å². The number of anilines is 1. The average Bonchev–Trinajstić information content (AvgIpc) is 3.35. The topological polar surface area (TPSA) is 70.8 Å². The predicted molar refractivity (Wildman–Crippen MR) is 143 cm³/mol. The molecule has 35 heavy (non-hydrogen) atoms. The molecule has 3 heterocycles. The summed E-state index contributed by atoms with van der Waals surface area (Å²) in [6, 6.07) is 21.1. The summed E-state index contributed by atoms with van der Waals surface area (Å²) in [6.45, 7) is 6.55. The fraction of sp³-hybridized carbons (Fsp3) is 0.345. The number of nitrogens with one attached hydrogen (secondary N) is 1. The van der Waals surface area contributed by atoms with Gasteiger partial charge in [-0.1, -0.05) is 25.1 Å². The van der Waals surface area contributed by atoms with Gasteiger partial charge in [0.05, 0.1) is 23.9 Å². The first-order chi connectivity index (χ1) is 17.1. The van der Waals surface area contributed by atoms with Crippen molar-refractivity contribution < 1.29 is 0 Å². The van der Waals surface area contributed by atoms with Gasteiger partial charge in [-0.2, -0.15) is 5.26 Å². The van der Waals surface area contributed by atoms with Gasteiger partial charge >= 0.3 is 0 Å². The summed E-state index contributed by atoms with van der Waals surface area (Å²) in [7, 11) is 2.18. The van der Waals surface area contributed by atoms with Gasteiger partial charge in [0.1, 0.15) is 5.84 Å². The van der Waals surface area contributed by atoms with Gasteiger partial charge in [0.15, 0.2) is 0 Å². The van der Waals surface area contributed by atoms with E-state index in [9.17, 15) is 5.26 Å². The number of aliphatic imine (C=N–C) groups is 2. The number of rotatable bonds is 4. The van der Waals surface area contributed by atoms with E-state index in [1.165, 1.54) is 11.4 Å².